The molecule has 1 aromatic heterocycles. The quantitative estimate of drug-likeness (QED) is 0.460. The van der Waals surface area contributed by atoms with Crippen molar-refractivity contribution in [3.8, 4) is 0 Å². The van der Waals surface area contributed by atoms with Crippen LogP contribution in [0.3, 0.4) is 0 Å². The van der Waals surface area contributed by atoms with Gasteiger partial charge in [-0.05, 0) is 29.8 Å². The maximum absolute atomic E-state index is 11.9. The molecule has 0 spiro atoms. The van der Waals surface area contributed by atoms with E-state index in [0.717, 1.165) is 28.5 Å². The van der Waals surface area contributed by atoms with E-state index in [1.165, 1.54) is 0 Å². The molecule has 0 atom stereocenters. The molecule has 146 valence electrons. The first kappa shape index (κ1) is 19.8. The zero-order valence-corrected chi connectivity index (χ0v) is 16.5. The summed E-state index contributed by atoms with van der Waals surface area (Å²) in [4.78, 5) is 29.9. The van der Waals surface area contributed by atoms with Crippen LogP contribution in [0.1, 0.15) is 5.56 Å². The molecule has 1 amide bonds. The fourth-order valence-corrected chi connectivity index (χ4v) is 3.02. The van der Waals surface area contributed by atoms with E-state index in [9.17, 15) is 9.59 Å². The second kappa shape index (κ2) is 9.27. The number of aromatic nitrogens is 1. The molecular formula is C20H21N3O4S. The fraction of sp³-hybridized carbons (Fsp3) is 0.250. The number of rotatable bonds is 8. The van der Waals surface area contributed by atoms with Crippen molar-refractivity contribution in [2.75, 3.05) is 31.4 Å². The number of hydrogen-bond acceptors (Lipinski definition) is 7. The van der Waals surface area contributed by atoms with Gasteiger partial charge in [-0.15, -0.1) is 0 Å². The van der Waals surface area contributed by atoms with Crippen LogP contribution in [-0.4, -0.2) is 43.3 Å². The summed E-state index contributed by atoms with van der Waals surface area (Å²) in [7, 11) is 3.93. The standard InChI is InChI=1S/C20H21N3O4S/c1-23(2)15-9-7-14(8-10-15)11-21-18(24)12-26-19(25)13-28-20-22-16-5-3-4-6-17(16)27-20/h3-10H,11-13H2,1-2H3,(H,21,24). The lowest BCUT2D eigenvalue weighted by atomic mass is 10.2. The van der Waals surface area contributed by atoms with Gasteiger partial charge in [0.1, 0.15) is 11.3 Å². The Kier molecular flexibility index (Phi) is 6.54. The number of carbonyl (C=O) groups excluding carboxylic acids is 2. The molecule has 0 aliphatic carbocycles. The highest BCUT2D eigenvalue weighted by molar-refractivity contribution is 7.99. The highest BCUT2D eigenvalue weighted by Gasteiger charge is 2.11. The largest absolute Gasteiger partial charge is 0.455 e. The van der Waals surface area contributed by atoms with Crippen LogP contribution >= 0.6 is 11.8 Å². The van der Waals surface area contributed by atoms with E-state index < -0.39 is 5.97 Å². The summed E-state index contributed by atoms with van der Waals surface area (Å²) in [6.45, 7) is 0.0600. The van der Waals surface area contributed by atoms with Gasteiger partial charge in [-0.2, -0.15) is 0 Å². The molecule has 0 saturated heterocycles. The van der Waals surface area contributed by atoms with E-state index >= 15 is 0 Å². The number of amides is 1. The molecule has 7 nitrogen and oxygen atoms in total. The minimum absolute atomic E-state index is 0.0199. The van der Waals surface area contributed by atoms with Gasteiger partial charge in [-0.1, -0.05) is 36.0 Å². The maximum atomic E-state index is 11.9. The lowest BCUT2D eigenvalue weighted by molar-refractivity contribution is -0.145. The van der Waals surface area contributed by atoms with Gasteiger partial charge in [0.25, 0.3) is 11.1 Å². The first-order valence-electron chi connectivity index (χ1n) is 8.68. The summed E-state index contributed by atoms with van der Waals surface area (Å²) in [5, 5.41) is 3.12. The van der Waals surface area contributed by atoms with E-state index in [0.29, 0.717) is 17.4 Å². The second-order valence-corrected chi connectivity index (χ2v) is 7.16. The Hall–Kier alpha value is -3.00. The predicted octanol–water partition coefficient (Wildman–Crippen LogP) is 2.85. The summed E-state index contributed by atoms with van der Waals surface area (Å²) in [5.74, 6) is -0.832. The number of fused-ring (bicyclic) bond motifs is 1. The Labute approximate surface area is 167 Å². The second-order valence-electron chi connectivity index (χ2n) is 6.23. The molecule has 28 heavy (non-hydrogen) atoms. The summed E-state index contributed by atoms with van der Waals surface area (Å²) < 4.78 is 10.5. The van der Waals surface area contributed by atoms with Crippen LogP contribution < -0.4 is 10.2 Å². The van der Waals surface area contributed by atoms with Gasteiger partial charge in [-0.3, -0.25) is 9.59 Å². The molecule has 8 heteroatoms. The summed E-state index contributed by atoms with van der Waals surface area (Å²) >= 11 is 1.13. The number of benzene rings is 2. The number of anilines is 1. The average molecular weight is 399 g/mol. The van der Waals surface area contributed by atoms with Crippen molar-refractivity contribution in [1.29, 1.82) is 0 Å². The van der Waals surface area contributed by atoms with Gasteiger partial charge in [0.2, 0.25) is 0 Å². The Bertz CT molecular complexity index is 920. The molecule has 0 aliphatic rings. The van der Waals surface area contributed by atoms with E-state index in [2.05, 4.69) is 10.3 Å². The van der Waals surface area contributed by atoms with Crippen LogP contribution in [0.25, 0.3) is 11.1 Å². The van der Waals surface area contributed by atoms with Gasteiger partial charge in [0, 0.05) is 26.3 Å². The minimum Gasteiger partial charge on any atom is -0.455 e. The number of thioether (sulfide) groups is 1. The number of oxazole rings is 1. The zero-order chi connectivity index (χ0) is 19.9. The molecule has 0 saturated carbocycles. The topological polar surface area (TPSA) is 84.7 Å². The summed E-state index contributed by atoms with van der Waals surface area (Å²) in [5.41, 5.74) is 3.45. The number of hydrogen-bond donors (Lipinski definition) is 1. The fourth-order valence-electron chi connectivity index (χ4n) is 2.38. The smallest absolute Gasteiger partial charge is 0.316 e. The van der Waals surface area contributed by atoms with E-state index in [1.54, 1.807) is 0 Å². The van der Waals surface area contributed by atoms with Gasteiger partial charge in [-0.25, -0.2) is 4.98 Å². The highest BCUT2D eigenvalue weighted by atomic mass is 32.2. The molecule has 0 radical (unpaired) electrons. The highest BCUT2D eigenvalue weighted by Crippen LogP contribution is 2.23. The number of nitrogens with one attached hydrogen (secondary N) is 1. The third-order valence-electron chi connectivity index (χ3n) is 3.89. The van der Waals surface area contributed by atoms with Crippen LogP contribution in [0.2, 0.25) is 0 Å². The third kappa shape index (κ3) is 5.50. The number of esters is 1. The molecule has 1 N–H and O–H groups in total. The molecule has 0 fully saturated rings. The van der Waals surface area contributed by atoms with Crippen LogP contribution in [0.4, 0.5) is 5.69 Å². The lowest BCUT2D eigenvalue weighted by Gasteiger charge is -2.13. The Morgan fingerprint density at radius 2 is 1.89 bits per heavy atom. The molecule has 0 unspecified atom stereocenters. The molecule has 0 bridgehead atoms. The SMILES string of the molecule is CN(C)c1ccc(CNC(=O)COC(=O)CSc2nc3ccccc3o2)cc1. The lowest BCUT2D eigenvalue weighted by Crippen LogP contribution is -2.28. The number of nitrogens with zero attached hydrogens (tertiary/aromatic N) is 2. The normalized spacial score (nSPS) is 10.6. The monoisotopic (exact) mass is 399 g/mol. The third-order valence-corrected chi connectivity index (χ3v) is 4.70. The van der Waals surface area contributed by atoms with Gasteiger partial charge >= 0.3 is 5.97 Å². The van der Waals surface area contributed by atoms with E-state index in [4.69, 9.17) is 9.15 Å². The van der Waals surface area contributed by atoms with Crippen LogP contribution in [0, 0.1) is 0 Å². The number of ether oxygens (including phenoxy) is 1. The molecule has 0 aliphatic heterocycles. The van der Waals surface area contributed by atoms with Crippen LogP contribution in [0.15, 0.2) is 58.2 Å². The van der Waals surface area contributed by atoms with Crippen molar-refractivity contribution in [3.05, 3.63) is 54.1 Å². The Morgan fingerprint density at radius 3 is 2.61 bits per heavy atom. The van der Waals surface area contributed by atoms with Crippen molar-refractivity contribution in [2.24, 2.45) is 0 Å². The Morgan fingerprint density at radius 1 is 1.14 bits per heavy atom. The zero-order valence-electron chi connectivity index (χ0n) is 15.7. The number of carbonyl (C=O) groups is 2. The van der Waals surface area contributed by atoms with Gasteiger partial charge < -0.3 is 19.4 Å². The average Bonchev–Trinajstić information content (AvgIpc) is 3.12. The summed E-state index contributed by atoms with van der Waals surface area (Å²) in [6, 6.07) is 15.2. The van der Waals surface area contributed by atoms with Crippen molar-refractivity contribution in [2.45, 2.75) is 11.8 Å². The van der Waals surface area contributed by atoms with E-state index in [1.807, 2.05) is 67.5 Å². The van der Waals surface area contributed by atoms with Crippen molar-refractivity contribution < 1.29 is 18.7 Å². The van der Waals surface area contributed by atoms with Crippen molar-refractivity contribution >= 4 is 40.4 Å². The van der Waals surface area contributed by atoms with Crippen molar-refractivity contribution in [3.63, 3.8) is 0 Å². The molecule has 3 aromatic rings. The minimum atomic E-state index is -0.502. The molecule has 2 aromatic carbocycles. The maximum Gasteiger partial charge on any atom is 0.316 e. The number of para-hydroxylation sites is 2. The molecule has 1 heterocycles. The van der Waals surface area contributed by atoms with Crippen molar-refractivity contribution in [1.82, 2.24) is 10.3 Å². The molecular weight excluding hydrogens is 378 g/mol. The first-order valence-corrected chi connectivity index (χ1v) is 9.67. The first-order chi connectivity index (χ1) is 13.5. The summed E-state index contributed by atoms with van der Waals surface area (Å²) in [6.07, 6.45) is 0. The van der Waals surface area contributed by atoms with Gasteiger partial charge in [0.05, 0.1) is 0 Å². The predicted molar refractivity (Wildman–Crippen MR) is 108 cm³/mol. The molecule has 3 rings (SSSR count). The van der Waals surface area contributed by atoms with Crippen LogP contribution in [0.5, 0.6) is 0 Å². The van der Waals surface area contributed by atoms with Gasteiger partial charge in [0.15, 0.2) is 12.2 Å². The van der Waals surface area contributed by atoms with Crippen LogP contribution in [-0.2, 0) is 20.9 Å². The van der Waals surface area contributed by atoms with E-state index in [-0.39, 0.29) is 18.3 Å². The Balaban J connectivity index is 1.37.